The third-order valence-electron chi connectivity index (χ3n) is 4.41. The first kappa shape index (κ1) is 16.3. The van der Waals surface area contributed by atoms with Gasteiger partial charge in [0.05, 0.1) is 4.90 Å². The molecule has 0 atom stereocenters. The van der Waals surface area contributed by atoms with E-state index in [9.17, 15) is 8.42 Å². The highest BCUT2D eigenvalue weighted by atomic mass is 32.2. The van der Waals surface area contributed by atoms with Crippen LogP contribution in [0.5, 0.6) is 0 Å². The van der Waals surface area contributed by atoms with E-state index in [-0.39, 0.29) is 0 Å². The first-order valence-electron chi connectivity index (χ1n) is 7.60. The molecule has 21 heavy (non-hydrogen) atoms. The van der Waals surface area contributed by atoms with Crippen LogP contribution in [0.2, 0.25) is 0 Å². The van der Waals surface area contributed by atoms with E-state index in [1.807, 2.05) is 12.1 Å². The van der Waals surface area contributed by atoms with Crippen molar-refractivity contribution in [3.8, 4) is 0 Å². The fraction of sp³-hybridized carbons (Fsp3) is 0.625. The molecule has 5 heteroatoms. The van der Waals surface area contributed by atoms with Gasteiger partial charge >= 0.3 is 0 Å². The average molecular weight is 310 g/mol. The van der Waals surface area contributed by atoms with Crippen molar-refractivity contribution in [2.24, 2.45) is 5.41 Å². The molecule has 1 fully saturated rings. The minimum absolute atomic E-state index is 0.335. The zero-order chi connectivity index (χ0) is 15.5. The Morgan fingerprint density at radius 1 is 1.10 bits per heavy atom. The van der Waals surface area contributed by atoms with E-state index >= 15 is 0 Å². The van der Waals surface area contributed by atoms with Gasteiger partial charge in [-0.2, -0.15) is 0 Å². The lowest BCUT2D eigenvalue weighted by Crippen LogP contribution is -2.28. The third-order valence-corrected chi connectivity index (χ3v) is 6.24. The van der Waals surface area contributed by atoms with Gasteiger partial charge < -0.3 is 5.32 Å². The predicted molar refractivity (Wildman–Crippen MR) is 87.0 cm³/mol. The molecule has 1 aromatic rings. The number of hydrogen-bond donors (Lipinski definition) is 1. The zero-order valence-corrected chi connectivity index (χ0v) is 14.0. The van der Waals surface area contributed by atoms with Gasteiger partial charge in [-0.25, -0.2) is 12.7 Å². The van der Waals surface area contributed by atoms with Gasteiger partial charge in [-0.15, -0.1) is 0 Å². The second-order valence-corrected chi connectivity index (χ2v) is 8.69. The summed E-state index contributed by atoms with van der Waals surface area (Å²) >= 11 is 0. The Bertz CT molecular complexity index is 558. The number of sulfonamides is 1. The fourth-order valence-corrected chi connectivity index (χ4v) is 3.75. The smallest absolute Gasteiger partial charge is 0.242 e. The van der Waals surface area contributed by atoms with Crippen LogP contribution < -0.4 is 5.32 Å². The summed E-state index contributed by atoms with van der Waals surface area (Å²) in [7, 11) is -0.242. The summed E-state index contributed by atoms with van der Waals surface area (Å²) in [5.41, 5.74) is 1.35. The van der Waals surface area contributed by atoms with Crippen molar-refractivity contribution in [2.45, 2.75) is 43.9 Å². The summed E-state index contributed by atoms with van der Waals surface area (Å²) < 4.78 is 25.2. The number of anilines is 1. The molecule has 4 nitrogen and oxygen atoms in total. The van der Waals surface area contributed by atoms with Crippen LogP contribution in [0.15, 0.2) is 29.2 Å². The maximum atomic E-state index is 12.0. The van der Waals surface area contributed by atoms with Gasteiger partial charge in [0.25, 0.3) is 0 Å². The molecule has 0 saturated heterocycles. The topological polar surface area (TPSA) is 49.4 Å². The molecule has 0 aromatic heterocycles. The van der Waals surface area contributed by atoms with Crippen LogP contribution in [0.25, 0.3) is 0 Å². The molecule has 0 unspecified atom stereocenters. The van der Waals surface area contributed by atoms with E-state index in [1.54, 1.807) is 26.2 Å². The van der Waals surface area contributed by atoms with Crippen molar-refractivity contribution in [1.29, 1.82) is 0 Å². The van der Waals surface area contributed by atoms with Crippen LogP contribution in [0.4, 0.5) is 5.69 Å². The maximum absolute atomic E-state index is 12.0. The van der Waals surface area contributed by atoms with Gasteiger partial charge in [-0.05, 0) is 42.5 Å². The van der Waals surface area contributed by atoms with Gasteiger partial charge in [0, 0.05) is 26.3 Å². The van der Waals surface area contributed by atoms with E-state index in [2.05, 4.69) is 12.2 Å². The molecule has 1 aromatic carbocycles. The van der Waals surface area contributed by atoms with Crippen molar-refractivity contribution in [3.05, 3.63) is 24.3 Å². The molecular formula is C16H26N2O2S. The average Bonchev–Trinajstić information content (AvgIpc) is 2.46. The Morgan fingerprint density at radius 3 is 2.19 bits per heavy atom. The van der Waals surface area contributed by atoms with Crippen molar-refractivity contribution in [3.63, 3.8) is 0 Å². The highest BCUT2D eigenvalue weighted by Crippen LogP contribution is 2.35. The summed E-state index contributed by atoms with van der Waals surface area (Å²) in [6, 6.07) is 7.03. The van der Waals surface area contributed by atoms with E-state index in [0.29, 0.717) is 10.3 Å². The predicted octanol–water partition coefficient (Wildman–Crippen LogP) is 3.32. The van der Waals surface area contributed by atoms with Crippen LogP contribution in [-0.2, 0) is 10.0 Å². The van der Waals surface area contributed by atoms with Gasteiger partial charge in [-0.1, -0.05) is 26.2 Å². The molecule has 118 valence electrons. The highest BCUT2D eigenvalue weighted by Gasteiger charge is 2.26. The largest absolute Gasteiger partial charge is 0.384 e. The molecular weight excluding hydrogens is 284 g/mol. The van der Waals surface area contributed by atoms with E-state index in [1.165, 1.54) is 36.4 Å². The Kier molecular flexibility index (Phi) is 4.94. The number of nitrogens with one attached hydrogen (secondary N) is 1. The highest BCUT2D eigenvalue weighted by molar-refractivity contribution is 7.89. The van der Waals surface area contributed by atoms with Gasteiger partial charge in [0.2, 0.25) is 10.0 Å². The molecule has 1 N–H and O–H groups in total. The molecule has 0 radical (unpaired) electrons. The summed E-state index contributed by atoms with van der Waals surface area (Å²) in [5, 5.41) is 3.45. The molecule has 0 spiro atoms. The van der Waals surface area contributed by atoms with Crippen molar-refractivity contribution in [1.82, 2.24) is 4.31 Å². The quantitative estimate of drug-likeness (QED) is 0.907. The van der Waals surface area contributed by atoms with Crippen molar-refractivity contribution >= 4 is 15.7 Å². The van der Waals surface area contributed by atoms with E-state index in [0.717, 1.165) is 12.2 Å². The lowest BCUT2D eigenvalue weighted by Gasteiger charge is -2.34. The third kappa shape index (κ3) is 3.98. The van der Waals surface area contributed by atoms with Crippen molar-refractivity contribution in [2.75, 3.05) is 26.0 Å². The normalized spacial score (nSPS) is 18.7. The standard InChI is InChI=1S/C16H26N2O2S/c1-16(11-5-4-6-12-16)13-17-14-7-9-15(10-8-14)21(19,20)18(2)3/h7-10,17H,4-6,11-13H2,1-3H3. The van der Waals surface area contributed by atoms with Crippen LogP contribution in [0.3, 0.4) is 0 Å². The lowest BCUT2D eigenvalue weighted by molar-refractivity contribution is 0.233. The summed E-state index contributed by atoms with van der Waals surface area (Å²) in [6.07, 6.45) is 6.53. The van der Waals surface area contributed by atoms with Crippen LogP contribution >= 0.6 is 0 Å². The molecule has 1 aliphatic rings. The maximum Gasteiger partial charge on any atom is 0.242 e. The van der Waals surface area contributed by atoms with Crippen molar-refractivity contribution < 1.29 is 8.42 Å². The summed E-state index contributed by atoms with van der Waals surface area (Å²) in [4.78, 5) is 0.335. The monoisotopic (exact) mass is 310 g/mol. The van der Waals surface area contributed by atoms with Crippen LogP contribution in [0, 0.1) is 5.41 Å². The summed E-state index contributed by atoms with van der Waals surface area (Å²) in [5.74, 6) is 0. The van der Waals surface area contributed by atoms with E-state index in [4.69, 9.17) is 0 Å². The second kappa shape index (κ2) is 6.36. The minimum Gasteiger partial charge on any atom is -0.384 e. The Hall–Kier alpha value is -1.07. The SMILES string of the molecule is CN(C)S(=O)(=O)c1ccc(NCC2(C)CCCCC2)cc1. The minimum atomic E-state index is -3.34. The lowest BCUT2D eigenvalue weighted by atomic mass is 9.76. The van der Waals surface area contributed by atoms with Gasteiger partial charge in [0.1, 0.15) is 0 Å². The van der Waals surface area contributed by atoms with Crippen LogP contribution in [0.1, 0.15) is 39.0 Å². The van der Waals surface area contributed by atoms with Gasteiger partial charge in [0.15, 0.2) is 0 Å². The van der Waals surface area contributed by atoms with Crippen LogP contribution in [-0.4, -0.2) is 33.4 Å². The number of hydrogen-bond acceptors (Lipinski definition) is 3. The number of nitrogens with zero attached hydrogens (tertiary/aromatic N) is 1. The first-order chi connectivity index (χ1) is 9.83. The molecule has 0 aliphatic heterocycles. The van der Waals surface area contributed by atoms with E-state index < -0.39 is 10.0 Å². The summed E-state index contributed by atoms with van der Waals surface area (Å²) in [6.45, 7) is 3.29. The fourth-order valence-electron chi connectivity index (χ4n) is 2.85. The Balaban J connectivity index is 2.00. The number of benzene rings is 1. The first-order valence-corrected chi connectivity index (χ1v) is 9.04. The zero-order valence-electron chi connectivity index (χ0n) is 13.2. The van der Waals surface area contributed by atoms with Gasteiger partial charge in [-0.3, -0.25) is 0 Å². The Morgan fingerprint density at radius 2 is 1.67 bits per heavy atom. The number of rotatable bonds is 5. The molecule has 0 amide bonds. The molecule has 1 saturated carbocycles. The Labute approximate surface area is 128 Å². The molecule has 2 rings (SSSR count). The molecule has 0 heterocycles. The molecule has 0 bridgehead atoms. The second-order valence-electron chi connectivity index (χ2n) is 6.54. The molecule has 1 aliphatic carbocycles.